The number of ether oxygens (including phenoxy) is 1. The summed E-state index contributed by atoms with van der Waals surface area (Å²) in [5, 5.41) is 0. The van der Waals surface area contributed by atoms with Crippen LogP contribution in [-0.2, 0) is 21.2 Å². The number of hydrogen-bond acceptors (Lipinski definition) is 4. The smallest absolute Gasteiger partial charge is 0.261 e. The number of amides is 1. The summed E-state index contributed by atoms with van der Waals surface area (Å²) in [6.07, 6.45) is 1.68. The molecule has 1 N–H and O–H groups in total. The van der Waals surface area contributed by atoms with Crippen LogP contribution in [0.15, 0.2) is 47.4 Å². The molecule has 0 saturated heterocycles. The second-order valence-electron chi connectivity index (χ2n) is 7.10. The van der Waals surface area contributed by atoms with Gasteiger partial charge in [0.25, 0.3) is 10.0 Å². The lowest BCUT2D eigenvalue weighted by atomic mass is 9.99. The summed E-state index contributed by atoms with van der Waals surface area (Å²) in [7, 11) is -3.70. The number of benzene rings is 2. The fraction of sp³-hybridized carbons (Fsp3) is 0.381. The van der Waals surface area contributed by atoms with E-state index >= 15 is 0 Å². The van der Waals surface area contributed by atoms with Crippen LogP contribution in [0.5, 0.6) is 5.75 Å². The van der Waals surface area contributed by atoms with Gasteiger partial charge in [0.15, 0.2) is 0 Å². The zero-order valence-corrected chi connectivity index (χ0v) is 17.3. The number of nitrogens with one attached hydrogen (secondary N) is 1. The predicted octanol–water partition coefficient (Wildman–Crippen LogP) is 3.82. The summed E-state index contributed by atoms with van der Waals surface area (Å²) in [5.41, 5.74) is 2.34. The van der Waals surface area contributed by atoms with E-state index in [1.807, 2.05) is 32.9 Å². The van der Waals surface area contributed by atoms with E-state index in [1.165, 1.54) is 12.1 Å². The largest absolute Gasteiger partial charge is 0.494 e. The van der Waals surface area contributed by atoms with Crippen LogP contribution in [0.2, 0.25) is 0 Å². The lowest BCUT2D eigenvalue weighted by Crippen LogP contribution is -2.38. The monoisotopic (exact) mass is 402 g/mol. The molecule has 1 amide bonds. The highest BCUT2D eigenvalue weighted by molar-refractivity contribution is 7.92. The van der Waals surface area contributed by atoms with E-state index in [9.17, 15) is 13.2 Å². The van der Waals surface area contributed by atoms with Crippen molar-refractivity contribution in [3.8, 4) is 5.75 Å². The third kappa shape index (κ3) is 4.30. The molecular formula is C21H26N2O4S. The van der Waals surface area contributed by atoms with Gasteiger partial charge in [0.2, 0.25) is 5.91 Å². The third-order valence-electron chi connectivity index (χ3n) is 4.66. The van der Waals surface area contributed by atoms with Crippen molar-refractivity contribution in [1.29, 1.82) is 0 Å². The zero-order valence-electron chi connectivity index (χ0n) is 16.4. The molecule has 0 unspecified atom stereocenters. The van der Waals surface area contributed by atoms with Crippen LogP contribution in [0.25, 0.3) is 0 Å². The minimum absolute atomic E-state index is 0.0798. The Bertz CT molecular complexity index is 953. The molecular weight excluding hydrogens is 376 g/mol. The first kappa shape index (κ1) is 20.2. The van der Waals surface area contributed by atoms with Crippen LogP contribution in [0.1, 0.15) is 32.8 Å². The van der Waals surface area contributed by atoms with Crippen molar-refractivity contribution in [3.05, 3.63) is 48.0 Å². The van der Waals surface area contributed by atoms with Crippen molar-refractivity contribution >= 4 is 27.3 Å². The maximum absolute atomic E-state index is 12.7. The summed E-state index contributed by atoms with van der Waals surface area (Å²) in [5.74, 6) is 0.637. The molecule has 0 atom stereocenters. The van der Waals surface area contributed by atoms with Gasteiger partial charge >= 0.3 is 0 Å². The SMILES string of the molecule is CCOc1ccc(S(=O)(=O)Nc2ccc3c(c2)CCCN3C(=O)C(C)C)cc1. The van der Waals surface area contributed by atoms with Gasteiger partial charge in [0.1, 0.15) is 5.75 Å². The first-order valence-corrected chi connectivity index (χ1v) is 11.0. The first-order valence-electron chi connectivity index (χ1n) is 9.52. The fourth-order valence-electron chi connectivity index (χ4n) is 3.30. The van der Waals surface area contributed by atoms with Crippen molar-refractivity contribution in [2.45, 2.75) is 38.5 Å². The second kappa shape index (κ2) is 8.22. The number of carbonyl (C=O) groups is 1. The molecule has 1 aliphatic heterocycles. The molecule has 0 saturated carbocycles. The maximum atomic E-state index is 12.7. The molecule has 7 heteroatoms. The summed E-state index contributed by atoms with van der Waals surface area (Å²) in [6.45, 7) is 6.86. The number of carbonyl (C=O) groups excluding carboxylic acids is 1. The summed E-state index contributed by atoms with van der Waals surface area (Å²) in [6, 6.07) is 11.7. The van der Waals surface area contributed by atoms with Gasteiger partial charge in [0.05, 0.1) is 11.5 Å². The average Bonchev–Trinajstić information content (AvgIpc) is 2.67. The fourth-order valence-corrected chi connectivity index (χ4v) is 4.35. The van der Waals surface area contributed by atoms with E-state index in [4.69, 9.17) is 4.74 Å². The van der Waals surface area contributed by atoms with Crippen molar-refractivity contribution in [2.24, 2.45) is 5.92 Å². The summed E-state index contributed by atoms with van der Waals surface area (Å²) >= 11 is 0. The van der Waals surface area contributed by atoms with Crippen LogP contribution >= 0.6 is 0 Å². The Morgan fingerprint density at radius 2 is 1.89 bits per heavy atom. The predicted molar refractivity (Wildman–Crippen MR) is 110 cm³/mol. The molecule has 1 aliphatic rings. The number of hydrogen-bond donors (Lipinski definition) is 1. The Kier molecular flexibility index (Phi) is 5.93. The molecule has 2 aromatic rings. The van der Waals surface area contributed by atoms with Crippen molar-refractivity contribution in [2.75, 3.05) is 22.8 Å². The third-order valence-corrected chi connectivity index (χ3v) is 6.05. The highest BCUT2D eigenvalue weighted by Crippen LogP contribution is 2.31. The van der Waals surface area contributed by atoms with E-state index in [2.05, 4.69) is 4.72 Å². The van der Waals surface area contributed by atoms with Gasteiger partial charge in [-0.05, 0) is 67.8 Å². The Labute approximate surface area is 166 Å². The van der Waals surface area contributed by atoms with Gasteiger partial charge in [0, 0.05) is 23.8 Å². The minimum atomic E-state index is -3.70. The molecule has 0 bridgehead atoms. The zero-order chi connectivity index (χ0) is 20.3. The van der Waals surface area contributed by atoms with Crippen LogP contribution in [0.3, 0.4) is 0 Å². The normalized spacial score (nSPS) is 13.9. The highest BCUT2D eigenvalue weighted by atomic mass is 32.2. The standard InChI is InChI=1S/C21H26N2O4S/c1-4-27-18-8-10-19(11-9-18)28(25,26)22-17-7-12-20-16(14-17)6-5-13-23(20)21(24)15(2)3/h7-12,14-15,22H,4-6,13H2,1-3H3. The van der Waals surface area contributed by atoms with Gasteiger partial charge in [-0.3, -0.25) is 9.52 Å². The Balaban J connectivity index is 1.82. The van der Waals surface area contributed by atoms with Crippen LogP contribution in [-0.4, -0.2) is 27.5 Å². The topological polar surface area (TPSA) is 75.7 Å². The average molecular weight is 403 g/mol. The van der Waals surface area contributed by atoms with E-state index in [0.717, 1.165) is 24.1 Å². The van der Waals surface area contributed by atoms with E-state index < -0.39 is 10.0 Å². The lowest BCUT2D eigenvalue weighted by Gasteiger charge is -2.31. The molecule has 0 aromatic heterocycles. The van der Waals surface area contributed by atoms with E-state index in [0.29, 0.717) is 24.6 Å². The van der Waals surface area contributed by atoms with Gasteiger partial charge in [-0.1, -0.05) is 13.8 Å². The minimum Gasteiger partial charge on any atom is -0.494 e. The molecule has 150 valence electrons. The first-order chi connectivity index (χ1) is 13.3. The van der Waals surface area contributed by atoms with E-state index in [-0.39, 0.29) is 16.7 Å². The number of anilines is 2. The van der Waals surface area contributed by atoms with Gasteiger partial charge in [-0.2, -0.15) is 0 Å². The number of sulfonamides is 1. The highest BCUT2D eigenvalue weighted by Gasteiger charge is 2.25. The van der Waals surface area contributed by atoms with Gasteiger partial charge < -0.3 is 9.64 Å². The molecule has 28 heavy (non-hydrogen) atoms. The molecule has 3 rings (SSSR count). The van der Waals surface area contributed by atoms with Crippen LogP contribution < -0.4 is 14.4 Å². The van der Waals surface area contributed by atoms with E-state index in [1.54, 1.807) is 23.1 Å². The van der Waals surface area contributed by atoms with Crippen molar-refractivity contribution in [1.82, 2.24) is 0 Å². The maximum Gasteiger partial charge on any atom is 0.261 e. The molecule has 0 radical (unpaired) electrons. The number of aryl methyl sites for hydroxylation is 1. The second-order valence-corrected chi connectivity index (χ2v) is 8.78. The number of fused-ring (bicyclic) bond motifs is 1. The lowest BCUT2D eigenvalue weighted by molar-refractivity contribution is -0.121. The Hall–Kier alpha value is -2.54. The molecule has 0 fully saturated rings. The van der Waals surface area contributed by atoms with Gasteiger partial charge in [-0.15, -0.1) is 0 Å². The molecule has 0 aliphatic carbocycles. The number of nitrogens with zero attached hydrogens (tertiary/aromatic N) is 1. The molecule has 1 heterocycles. The van der Waals surface area contributed by atoms with Crippen molar-refractivity contribution in [3.63, 3.8) is 0 Å². The van der Waals surface area contributed by atoms with Crippen LogP contribution in [0, 0.1) is 5.92 Å². The molecule has 6 nitrogen and oxygen atoms in total. The molecule has 2 aromatic carbocycles. The van der Waals surface area contributed by atoms with Gasteiger partial charge in [-0.25, -0.2) is 8.42 Å². The molecule has 0 spiro atoms. The summed E-state index contributed by atoms with van der Waals surface area (Å²) in [4.78, 5) is 14.4. The Morgan fingerprint density at radius 3 is 2.54 bits per heavy atom. The van der Waals surface area contributed by atoms with Crippen LogP contribution in [0.4, 0.5) is 11.4 Å². The summed E-state index contributed by atoms with van der Waals surface area (Å²) < 4.78 is 33.4. The Morgan fingerprint density at radius 1 is 1.18 bits per heavy atom. The van der Waals surface area contributed by atoms with Crippen molar-refractivity contribution < 1.29 is 17.9 Å². The number of rotatable bonds is 6. The quantitative estimate of drug-likeness (QED) is 0.797.